The van der Waals surface area contributed by atoms with E-state index in [1.165, 1.54) is 18.2 Å². The normalized spacial score (nSPS) is 19.6. The minimum absolute atomic E-state index is 0.00129. The molecule has 0 aromatic heterocycles. The third-order valence-electron chi connectivity index (χ3n) is 3.05. The zero-order chi connectivity index (χ0) is 13.1. The summed E-state index contributed by atoms with van der Waals surface area (Å²) < 4.78 is 0. The van der Waals surface area contributed by atoms with E-state index in [0.717, 1.165) is 12.8 Å². The molecule has 0 radical (unpaired) electrons. The Morgan fingerprint density at radius 2 is 2.28 bits per heavy atom. The number of carbonyl (C=O) groups excluding carboxylic acids is 1. The average Bonchev–Trinajstić information content (AvgIpc) is 2.38. The predicted molar refractivity (Wildman–Crippen MR) is 66.2 cm³/mol. The summed E-state index contributed by atoms with van der Waals surface area (Å²) in [7, 11) is 0. The van der Waals surface area contributed by atoms with Gasteiger partial charge < -0.3 is 10.6 Å². The van der Waals surface area contributed by atoms with Gasteiger partial charge in [-0.2, -0.15) is 0 Å². The van der Waals surface area contributed by atoms with E-state index >= 15 is 0 Å². The first-order valence-electron chi connectivity index (χ1n) is 5.87. The second kappa shape index (κ2) is 5.14. The molecule has 2 N–H and O–H groups in total. The lowest BCUT2D eigenvalue weighted by atomic mass is 10.1. The first-order valence-corrected chi connectivity index (χ1v) is 5.87. The molecule has 96 valence electrons. The molecule has 18 heavy (non-hydrogen) atoms. The minimum Gasteiger partial charge on any atom is -0.337 e. The molecule has 1 saturated heterocycles. The van der Waals surface area contributed by atoms with Crippen molar-refractivity contribution >= 4 is 11.6 Å². The fourth-order valence-corrected chi connectivity index (χ4v) is 2.13. The summed E-state index contributed by atoms with van der Waals surface area (Å²) in [5, 5.41) is 10.7. The van der Waals surface area contributed by atoms with Crippen LogP contribution in [-0.2, 0) is 0 Å². The Kier molecular flexibility index (Phi) is 3.57. The molecule has 1 aliphatic heterocycles. The van der Waals surface area contributed by atoms with Gasteiger partial charge in [-0.1, -0.05) is 6.07 Å². The average molecular weight is 249 g/mol. The van der Waals surface area contributed by atoms with Crippen molar-refractivity contribution in [2.24, 2.45) is 5.73 Å². The first-order chi connectivity index (χ1) is 8.58. The summed E-state index contributed by atoms with van der Waals surface area (Å²) in [6.07, 6.45) is 1.79. The third kappa shape index (κ3) is 2.65. The summed E-state index contributed by atoms with van der Waals surface area (Å²) in [5.74, 6) is -0.186. The maximum absolute atomic E-state index is 12.2. The lowest BCUT2D eigenvalue weighted by Crippen LogP contribution is -2.45. The van der Waals surface area contributed by atoms with E-state index in [0.29, 0.717) is 18.7 Å². The van der Waals surface area contributed by atoms with Crippen molar-refractivity contribution in [3.05, 3.63) is 39.9 Å². The van der Waals surface area contributed by atoms with E-state index in [-0.39, 0.29) is 17.6 Å². The van der Waals surface area contributed by atoms with E-state index < -0.39 is 4.92 Å². The molecule has 1 atom stereocenters. The van der Waals surface area contributed by atoms with E-state index in [1.807, 2.05) is 0 Å². The zero-order valence-electron chi connectivity index (χ0n) is 9.91. The van der Waals surface area contributed by atoms with E-state index in [9.17, 15) is 14.9 Å². The van der Waals surface area contributed by atoms with Crippen LogP contribution in [0.2, 0.25) is 0 Å². The highest BCUT2D eigenvalue weighted by Gasteiger charge is 2.23. The summed E-state index contributed by atoms with van der Waals surface area (Å²) in [4.78, 5) is 24.0. The fraction of sp³-hybridized carbons (Fsp3) is 0.417. The Hall–Kier alpha value is -1.95. The van der Waals surface area contributed by atoms with Crippen molar-refractivity contribution < 1.29 is 9.72 Å². The Labute approximate surface area is 105 Å². The van der Waals surface area contributed by atoms with Crippen molar-refractivity contribution in [1.29, 1.82) is 0 Å². The van der Waals surface area contributed by atoms with Gasteiger partial charge in [0.25, 0.3) is 11.6 Å². The number of hydrogen-bond acceptors (Lipinski definition) is 4. The number of nitrogens with two attached hydrogens (primary N) is 1. The summed E-state index contributed by atoms with van der Waals surface area (Å²) >= 11 is 0. The minimum atomic E-state index is -0.501. The Morgan fingerprint density at radius 1 is 1.50 bits per heavy atom. The molecule has 1 aromatic rings. The van der Waals surface area contributed by atoms with Crippen LogP contribution in [0.5, 0.6) is 0 Å². The molecule has 0 bridgehead atoms. The van der Waals surface area contributed by atoms with Crippen molar-refractivity contribution in [3.63, 3.8) is 0 Å². The van der Waals surface area contributed by atoms with Gasteiger partial charge in [0.1, 0.15) is 0 Å². The number of nitro groups is 1. The second-order valence-corrected chi connectivity index (χ2v) is 4.46. The van der Waals surface area contributed by atoms with Crippen LogP contribution in [0.4, 0.5) is 5.69 Å². The highest BCUT2D eigenvalue weighted by molar-refractivity contribution is 5.94. The van der Waals surface area contributed by atoms with Crippen LogP contribution in [-0.4, -0.2) is 34.9 Å². The molecule has 2 rings (SSSR count). The molecule has 0 spiro atoms. The monoisotopic (exact) mass is 249 g/mol. The molecule has 1 aromatic carbocycles. The van der Waals surface area contributed by atoms with Gasteiger partial charge in [0, 0.05) is 36.8 Å². The quantitative estimate of drug-likeness (QED) is 0.629. The molecule has 1 heterocycles. The Bertz CT molecular complexity index is 475. The molecule has 6 heteroatoms. The van der Waals surface area contributed by atoms with Gasteiger partial charge in [0.05, 0.1) is 4.92 Å². The first kappa shape index (κ1) is 12.5. The van der Waals surface area contributed by atoms with Gasteiger partial charge in [0.2, 0.25) is 0 Å². The van der Waals surface area contributed by atoms with Gasteiger partial charge >= 0.3 is 0 Å². The van der Waals surface area contributed by atoms with E-state index in [1.54, 1.807) is 11.0 Å². The topological polar surface area (TPSA) is 89.5 Å². The second-order valence-electron chi connectivity index (χ2n) is 4.46. The third-order valence-corrected chi connectivity index (χ3v) is 3.05. The molecule has 0 saturated carbocycles. The van der Waals surface area contributed by atoms with Gasteiger partial charge in [-0.15, -0.1) is 0 Å². The molecular weight excluding hydrogens is 234 g/mol. The number of amides is 1. The van der Waals surface area contributed by atoms with Crippen LogP contribution < -0.4 is 5.73 Å². The van der Waals surface area contributed by atoms with Crippen LogP contribution >= 0.6 is 0 Å². The van der Waals surface area contributed by atoms with Crippen LogP contribution in [0.1, 0.15) is 23.2 Å². The Balaban J connectivity index is 2.17. The van der Waals surface area contributed by atoms with Crippen molar-refractivity contribution in [2.45, 2.75) is 18.9 Å². The number of likely N-dealkylation sites (tertiary alicyclic amines) is 1. The summed E-state index contributed by atoms with van der Waals surface area (Å²) in [5.41, 5.74) is 6.10. The molecule has 0 aliphatic carbocycles. The Morgan fingerprint density at radius 3 is 2.94 bits per heavy atom. The van der Waals surface area contributed by atoms with Crippen molar-refractivity contribution in [2.75, 3.05) is 13.1 Å². The molecule has 1 fully saturated rings. The number of hydrogen-bond donors (Lipinski definition) is 1. The number of nitrogens with zero attached hydrogens (tertiary/aromatic N) is 2. The van der Waals surface area contributed by atoms with Crippen LogP contribution in [0.15, 0.2) is 24.3 Å². The highest BCUT2D eigenvalue weighted by atomic mass is 16.6. The standard InChI is InChI=1S/C12H15N3O3/c13-10-4-2-6-14(8-10)12(16)9-3-1-5-11(7-9)15(17)18/h1,3,5,7,10H,2,4,6,8,13H2/t10-/m0/s1. The van der Waals surface area contributed by atoms with Gasteiger partial charge in [-0.25, -0.2) is 0 Å². The number of carbonyl (C=O) groups is 1. The summed E-state index contributed by atoms with van der Waals surface area (Å²) in [6, 6.07) is 5.80. The van der Waals surface area contributed by atoms with E-state index in [2.05, 4.69) is 0 Å². The van der Waals surface area contributed by atoms with Crippen LogP contribution in [0.3, 0.4) is 0 Å². The number of benzene rings is 1. The number of non-ortho nitro benzene ring substituents is 1. The fourth-order valence-electron chi connectivity index (χ4n) is 2.13. The highest BCUT2D eigenvalue weighted by Crippen LogP contribution is 2.17. The van der Waals surface area contributed by atoms with Gasteiger partial charge in [-0.05, 0) is 18.9 Å². The van der Waals surface area contributed by atoms with Crippen LogP contribution in [0.25, 0.3) is 0 Å². The van der Waals surface area contributed by atoms with Gasteiger partial charge in [-0.3, -0.25) is 14.9 Å². The predicted octanol–water partition coefficient (Wildman–Crippen LogP) is 1.16. The maximum atomic E-state index is 12.2. The molecule has 1 amide bonds. The molecule has 1 aliphatic rings. The number of piperidine rings is 1. The molecular formula is C12H15N3O3. The largest absolute Gasteiger partial charge is 0.337 e. The molecule has 0 unspecified atom stereocenters. The SMILES string of the molecule is N[C@H]1CCCN(C(=O)c2cccc([N+](=O)[O-])c2)C1. The lowest BCUT2D eigenvalue weighted by Gasteiger charge is -2.30. The summed E-state index contributed by atoms with van der Waals surface area (Å²) in [6.45, 7) is 1.18. The lowest BCUT2D eigenvalue weighted by molar-refractivity contribution is -0.384. The van der Waals surface area contributed by atoms with Crippen LogP contribution in [0, 0.1) is 10.1 Å². The smallest absolute Gasteiger partial charge is 0.270 e. The number of nitro benzene ring substituents is 1. The number of rotatable bonds is 2. The van der Waals surface area contributed by atoms with Crippen molar-refractivity contribution in [3.8, 4) is 0 Å². The van der Waals surface area contributed by atoms with E-state index in [4.69, 9.17) is 5.73 Å². The van der Waals surface area contributed by atoms with Crippen molar-refractivity contribution in [1.82, 2.24) is 4.90 Å². The maximum Gasteiger partial charge on any atom is 0.270 e. The zero-order valence-corrected chi connectivity index (χ0v) is 9.91. The molecule has 6 nitrogen and oxygen atoms in total. The van der Waals surface area contributed by atoms with Gasteiger partial charge in [0.15, 0.2) is 0 Å².